The van der Waals surface area contributed by atoms with E-state index in [9.17, 15) is 13.2 Å². The van der Waals surface area contributed by atoms with E-state index in [-0.39, 0.29) is 35.3 Å². The summed E-state index contributed by atoms with van der Waals surface area (Å²) in [4.78, 5) is 14.0. The van der Waals surface area contributed by atoms with Crippen LogP contribution in [0.5, 0.6) is 0 Å². The fourth-order valence-corrected chi connectivity index (χ4v) is 4.00. The molecule has 2 aromatic carbocycles. The van der Waals surface area contributed by atoms with Gasteiger partial charge in [-0.05, 0) is 24.6 Å². The highest BCUT2D eigenvalue weighted by Crippen LogP contribution is 2.20. The van der Waals surface area contributed by atoms with Gasteiger partial charge in [-0.2, -0.15) is 0 Å². The molecule has 2 rings (SSSR count). The van der Waals surface area contributed by atoms with Gasteiger partial charge in [-0.25, -0.2) is 13.1 Å². The Kier molecular flexibility index (Phi) is 7.43. The Labute approximate surface area is 165 Å². The van der Waals surface area contributed by atoms with Crippen molar-refractivity contribution in [3.63, 3.8) is 0 Å². The van der Waals surface area contributed by atoms with Crippen molar-refractivity contribution in [2.75, 3.05) is 13.1 Å². The Morgan fingerprint density at radius 3 is 2.48 bits per heavy atom. The third-order valence-corrected chi connectivity index (χ3v) is 5.85. The number of carbonyl (C=O) groups excluding carboxylic acids is 1. The van der Waals surface area contributed by atoms with Crippen LogP contribution in [0.4, 0.5) is 0 Å². The lowest BCUT2D eigenvalue weighted by Gasteiger charge is -2.20. The van der Waals surface area contributed by atoms with Crippen molar-refractivity contribution in [3.8, 4) is 12.3 Å². The highest BCUT2D eigenvalue weighted by Gasteiger charge is 2.19. The molecular weight excluding hydrogens is 384 g/mol. The lowest BCUT2D eigenvalue weighted by molar-refractivity contribution is -0.131. The number of halogens is 1. The predicted molar refractivity (Wildman–Crippen MR) is 107 cm³/mol. The molecule has 27 heavy (non-hydrogen) atoms. The number of rotatable bonds is 8. The number of benzene rings is 2. The number of sulfonamides is 1. The van der Waals surface area contributed by atoms with Gasteiger partial charge < -0.3 is 4.90 Å². The van der Waals surface area contributed by atoms with E-state index in [1.165, 1.54) is 17.0 Å². The molecule has 0 saturated heterocycles. The smallest absolute Gasteiger partial charge is 0.242 e. The monoisotopic (exact) mass is 404 g/mol. The standard InChI is InChI=1S/C20H21ClN2O3S/c1-3-14-23(15-17-10-8-16(2)9-11-17)20(24)12-13-22-27(25,26)19-7-5-4-6-18(19)21/h1,4-11,22H,12-15H2,2H3. The molecule has 0 unspecified atom stereocenters. The van der Waals surface area contributed by atoms with E-state index in [4.69, 9.17) is 18.0 Å². The number of hydrogen-bond donors (Lipinski definition) is 1. The van der Waals surface area contributed by atoms with Crippen LogP contribution in [0.25, 0.3) is 0 Å². The third kappa shape index (κ3) is 6.10. The molecule has 2 aromatic rings. The van der Waals surface area contributed by atoms with Crippen LogP contribution in [-0.4, -0.2) is 32.3 Å². The normalized spacial score (nSPS) is 11.0. The van der Waals surface area contributed by atoms with E-state index in [1.54, 1.807) is 12.1 Å². The van der Waals surface area contributed by atoms with Gasteiger partial charge >= 0.3 is 0 Å². The Hall–Kier alpha value is -2.33. The minimum Gasteiger partial charge on any atom is -0.327 e. The lowest BCUT2D eigenvalue weighted by atomic mass is 10.1. The number of hydrogen-bond acceptors (Lipinski definition) is 3. The number of nitrogens with one attached hydrogen (secondary N) is 1. The van der Waals surface area contributed by atoms with E-state index in [1.807, 2.05) is 31.2 Å². The molecule has 5 nitrogen and oxygen atoms in total. The zero-order valence-corrected chi connectivity index (χ0v) is 16.6. The maximum absolute atomic E-state index is 12.5. The van der Waals surface area contributed by atoms with Crippen molar-refractivity contribution >= 4 is 27.5 Å². The van der Waals surface area contributed by atoms with Crippen LogP contribution in [0, 0.1) is 19.3 Å². The minimum absolute atomic E-state index is 0.00275. The van der Waals surface area contributed by atoms with Gasteiger partial charge in [0.05, 0.1) is 11.6 Å². The van der Waals surface area contributed by atoms with Gasteiger partial charge in [-0.3, -0.25) is 4.79 Å². The molecule has 1 amide bonds. The molecule has 0 bridgehead atoms. The number of carbonyl (C=O) groups is 1. The summed E-state index contributed by atoms with van der Waals surface area (Å²) in [6, 6.07) is 13.9. The van der Waals surface area contributed by atoms with Crippen molar-refractivity contribution in [2.45, 2.75) is 24.8 Å². The number of aryl methyl sites for hydroxylation is 1. The SMILES string of the molecule is C#CCN(Cc1ccc(C)cc1)C(=O)CCNS(=O)(=O)c1ccccc1Cl. The van der Waals surface area contributed by atoms with E-state index in [0.717, 1.165) is 11.1 Å². The van der Waals surface area contributed by atoms with Crippen LogP contribution in [0.3, 0.4) is 0 Å². The highest BCUT2D eigenvalue weighted by atomic mass is 35.5. The second kappa shape index (κ2) is 9.56. The van der Waals surface area contributed by atoms with Crippen LogP contribution in [0.2, 0.25) is 5.02 Å². The molecule has 0 aromatic heterocycles. The van der Waals surface area contributed by atoms with Crippen molar-refractivity contribution in [3.05, 3.63) is 64.7 Å². The fraction of sp³-hybridized carbons (Fsp3) is 0.250. The van der Waals surface area contributed by atoms with Gasteiger partial charge in [0.15, 0.2) is 0 Å². The molecule has 0 heterocycles. The van der Waals surface area contributed by atoms with E-state index in [0.29, 0.717) is 6.54 Å². The summed E-state index contributed by atoms with van der Waals surface area (Å²) in [6.07, 6.45) is 5.36. The Balaban J connectivity index is 1.96. The molecule has 7 heteroatoms. The van der Waals surface area contributed by atoms with Crippen molar-refractivity contribution in [1.82, 2.24) is 9.62 Å². The summed E-state index contributed by atoms with van der Waals surface area (Å²) < 4.78 is 27.0. The molecule has 1 N–H and O–H groups in total. The summed E-state index contributed by atoms with van der Waals surface area (Å²) >= 11 is 5.93. The molecule has 0 spiro atoms. The summed E-state index contributed by atoms with van der Waals surface area (Å²) in [5.74, 6) is 2.24. The summed E-state index contributed by atoms with van der Waals surface area (Å²) in [6.45, 7) is 2.48. The molecule has 142 valence electrons. The topological polar surface area (TPSA) is 66.5 Å². The summed E-state index contributed by atoms with van der Waals surface area (Å²) in [7, 11) is -3.78. The zero-order valence-electron chi connectivity index (χ0n) is 15.0. The number of amides is 1. The van der Waals surface area contributed by atoms with Crippen molar-refractivity contribution < 1.29 is 13.2 Å². The maximum Gasteiger partial charge on any atom is 0.242 e. The summed E-state index contributed by atoms with van der Waals surface area (Å²) in [5.41, 5.74) is 2.09. The molecule has 0 atom stereocenters. The van der Waals surface area contributed by atoms with E-state index >= 15 is 0 Å². The largest absolute Gasteiger partial charge is 0.327 e. The summed E-state index contributed by atoms with van der Waals surface area (Å²) in [5, 5.41) is 0.129. The second-order valence-corrected chi connectivity index (χ2v) is 8.16. The minimum atomic E-state index is -3.78. The van der Waals surface area contributed by atoms with Gasteiger partial charge in [0.25, 0.3) is 0 Å². The predicted octanol–water partition coefficient (Wildman–Crippen LogP) is 2.98. The van der Waals surface area contributed by atoms with E-state index in [2.05, 4.69) is 10.6 Å². The van der Waals surface area contributed by atoms with Crippen molar-refractivity contribution in [1.29, 1.82) is 0 Å². The van der Waals surface area contributed by atoms with E-state index < -0.39 is 10.0 Å². The molecule has 0 saturated carbocycles. The van der Waals surface area contributed by atoms with Crippen LogP contribution in [0.1, 0.15) is 17.5 Å². The van der Waals surface area contributed by atoms with Gasteiger partial charge in [0, 0.05) is 19.5 Å². The lowest BCUT2D eigenvalue weighted by Crippen LogP contribution is -2.34. The van der Waals surface area contributed by atoms with Crippen LogP contribution >= 0.6 is 11.6 Å². The Morgan fingerprint density at radius 2 is 1.85 bits per heavy atom. The highest BCUT2D eigenvalue weighted by molar-refractivity contribution is 7.89. The van der Waals surface area contributed by atoms with Gasteiger partial charge in [-0.15, -0.1) is 6.42 Å². The first-order valence-corrected chi connectivity index (χ1v) is 10.2. The molecular formula is C20H21ClN2O3S. The second-order valence-electron chi connectivity index (χ2n) is 6.02. The molecule has 0 aliphatic heterocycles. The van der Waals surface area contributed by atoms with Crippen LogP contribution in [0.15, 0.2) is 53.4 Å². The first-order chi connectivity index (χ1) is 12.8. The first-order valence-electron chi connectivity index (χ1n) is 8.34. The van der Waals surface area contributed by atoms with Crippen LogP contribution in [-0.2, 0) is 21.4 Å². The van der Waals surface area contributed by atoms with Crippen molar-refractivity contribution in [2.24, 2.45) is 0 Å². The number of nitrogens with zero attached hydrogens (tertiary/aromatic N) is 1. The molecule has 0 fully saturated rings. The Morgan fingerprint density at radius 1 is 1.19 bits per heavy atom. The average molecular weight is 405 g/mol. The first kappa shape index (κ1) is 21.0. The van der Waals surface area contributed by atoms with Gasteiger partial charge in [-0.1, -0.05) is 59.5 Å². The zero-order chi connectivity index (χ0) is 19.9. The maximum atomic E-state index is 12.5. The van der Waals surface area contributed by atoms with Gasteiger partial charge in [0.1, 0.15) is 4.90 Å². The van der Waals surface area contributed by atoms with Gasteiger partial charge in [0.2, 0.25) is 15.9 Å². The van der Waals surface area contributed by atoms with Crippen LogP contribution < -0.4 is 4.72 Å². The fourth-order valence-electron chi connectivity index (χ4n) is 2.45. The molecule has 0 aliphatic rings. The molecule has 0 aliphatic carbocycles. The third-order valence-electron chi connectivity index (χ3n) is 3.89. The quantitative estimate of drug-likeness (QED) is 0.688. The molecule has 0 radical (unpaired) electrons. The average Bonchev–Trinajstić information content (AvgIpc) is 2.63. The number of terminal acetylenes is 1. The Bertz CT molecular complexity index is 934.